The molecule has 3 rings (SSSR count). The van der Waals surface area contributed by atoms with E-state index in [0.29, 0.717) is 18.9 Å². The average molecular weight is 295 g/mol. The topological polar surface area (TPSA) is 78.9 Å². The Labute approximate surface area is 128 Å². The number of tetrazole rings is 1. The molecule has 0 amide bonds. The highest BCUT2D eigenvalue weighted by Gasteiger charge is 2.13. The fourth-order valence-corrected chi connectivity index (χ4v) is 2.29. The molecule has 0 saturated carbocycles. The molecule has 0 spiro atoms. The molecule has 0 aliphatic carbocycles. The maximum atomic E-state index is 5.62. The van der Waals surface area contributed by atoms with Gasteiger partial charge in [-0.25, -0.2) is 4.68 Å². The SMILES string of the molecule is COc1ccccc1-c1nnnn1Cc1ccc(CN)cc1. The summed E-state index contributed by atoms with van der Waals surface area (Å²) in [5, 5.41) is 12.0. The first-order chi connectivity index (χ1) is 10.8. The van der Waals surface area contributed by atoms with Gasteiger partial charge in [0.15, 0.2) is 5.82 Å². The van der Waals surface area contributed by atoms with Gasteiger partial charge in [-0.15, -0.1) is 5.10 Å². The number of ether oxygens (including phenoxy) is 1. The molecular weight excluding hydrogens is 278 g/mol. The summed E-state index contributed by atoms with van der Waals surface area (Å²) in [7, 11) is 1.64. The van der Waals surface area contributed by atoms with Crippen LogP contribution in [-0.2, 0) is 13.1 Å². The largest absolute Gasteiger partial charge is 0.496 e. The molecule has 6 nitrogen and oxygen atoms in total. The predicted octanol–water partition coefficient (Wildman–Crippen LogP) is 1.86. The van der Waals surface area contributed by atoms with Crippen LogP contribution in [0.25, 0.3) is 11.4 Å². The molecule has 0 saturated heterocycles. The van der Waals surface area contributed by atoms with E-state index in [1.807, 2.05) is 48.5 Å². The summed E-state index contributed by atoms with van der Waals surface area (Å²) in [6.45, 7) is 1.13. The van der Waals surface area contributed by atoms with Crippen molar-refractivity contribution in [3.63, 3.8) is 0 Å². The van der Waals surface area contributed by atoms with Crippen molar-refractivity contribution < 1.29 is 4.74 Å². The van der Waals surface area contributed by atoms with E-state index in [0.717, 1.165) is 22.4 Å². The number of nitrogens with zero attached hydrogens (tertiary/aromatic N) is 4. The van der Waals surface area contributed by atoms with E-state index in [1.165, 1.54) is 0 Å². The van der Waals surface area contributed by atoms with Crippen molar-refractivity contribution >= 4 is 0 Å². The molecule has 0 atom stereocenters. The van der Waals surface area contributed by atoms with Crippen LogP contribution >= 0.6 is 0 Å². The minimum atomic E-state index is 0.539. The molecule has 0 bridgehead atoms. The van der Waals surface area contributed by atoms with Gasteiger partial charge in [-0.2, -0.15) is 0 Å². The summed E-state index contributed by atoms with van der Waals surface area (Å²) in [5.41, 5.74) is 8.70. The van der Waals surface area contributed by atoms with Crippen molar-refractivity contribution in [3.8, 4) is 17.1 Å². The lowest BCUT2D eigenvalue weighted by molar-refractivity contribution is 0.416. The molecule has 0 fully saturated rings. The van der Waals surface area contributed by atoms with Gasteiger partial charge in [0.25, 0.3) is 0 Å². The van der Waals surface area contributed by atoms with E-state index in [2.05, 4.69) is 15.5 Å². The predicted molar refractivity (Wildman–Crippen MR) is 83.2 cm³/mol. The van der Waals surface area contributed by atoms with Crippen molar-refractivity contribution in [2.75, 3.05) is 7.11 Å². The smallest absolute Gasteiger partial charge is 0.186 e. The summed E-state index contributed by atoms with van der Waals surface area (Å²) in [4.78, 5) is 0. The summed E-state index contributed by atoms with van der Waals surface area (Å²) >= 11 is 0. The third-order valence-electron chi connectivity index (χ3n) is 3.47. The zero-order valence-corrected chi connectivity index (χ0v) is 12.3. The first-order valence-corrected chi connectivity index (χ1v) is 6.99. The Kier molecular flexibility index (Phi) is 4.11. The molecule has 112 valence electrons. The van der Waals surface area contributed by atoms with Gasteiger partial charge < -0.3 is 10.5 Å². The van der Waals surface area contributed by atoms with Crippen molar-refractivity contribution in [2.24, 2.45) is 5.73 Å². The van der Waals surface area contributed by atoms with Crippen LogP contribution in [0.5, 0.6) is 5.75 Å². The Balaban J connectivity index is 1.91. The second kappa shape index (κ2) is 6.36. The van der Waals surface area contributed by atoms with E-state index in [4.69, 9.17) is 10.5 Å². The monoisotopic (exact) mass is 295 g/mol. The first-order valence-electron chi connectivity index (χ1n) is 6.99. The van der Waals surface area contributed by atoms with Gasteiger partial charge in [-0.3, -0.25) is 0 Å². The van der Waals surface area contributed by atoms with E-state index in [1.54, 1.807) is 11.8 Å². The fourth-order valence-electron chi connectivity index (χ4n) is 2.29. The number of benzene rings is 2. The molecule has 6 heteroatoms. The Bertz CT molecular complexity index is 751. The minimum absolute atomic E-state index is 0.539. The molecule has 22 heavy (non-hydrogen) atoms. The fraction of sp³-hybridized carbons (Fsp3) is 0.188. The van der Waals surface area contributed by atoms with Crippen LogP contribution in [0.3, 0.4) is 0 Å². The number of hydrogen-bond acceptors (Lipinski definition) is 5. The van der Waals surface area contributed by atoms with Crippen LogP contribution in [0, 0.1) is 0 Å². The van der Waals surface area contributed by atoms with Crippen molar-refractivity contribution in [1.29, 1.82) is 0 Å². The standard InChI is InChI=1S/C16H17N5O/c1-22-15-5-3-2-4-14(15)16-18-19-20-21(16)11-13-8-6-12(10-17)7-9-13/h2-9H,10-11,17H2,1H3. The Morgan fingerprint density at radius 3 is 2.50 bits per heavy atom. The van der Waals surface area contributed by atoms with Gasteiger partial charge in [0, 0.05) is 6.54 Å². The van der Waals surface area contributed by atoms with Crippen LogP contribution in [0.1, 0.15) is 11.1 Å². The molecule has 3 aromatic rings. The van der Waals surface area contributed by atoms with E-state index in [-0.39, 0.29) is 0 Å². The van der Waals surface area contributed by atoms with Crippen LogP contribution in [-0.4, -0.2) is 27.3 Å². The van der Waals surface area contributed by atoms with Gasteiger partial charge in [0.1, 0.15) is 5.75 Å². The normalized spacial score (nSPS) is 10.6. The lowest BCUT2D eigenvalue weighted by Crippen LogP contribution is -2.05. The Hall–Kier alpha value is -2.73. The molecule has 2 aromatic carbocycles. The van der Waals surface area contributed by atoms with Gasteiger partial charge in [0.2, 0.25) is 0 Å². The number of nitrogens with two attached hydrogens (primary N) is 1. The van der Waals surface area contributed by atoms with Gasteiger partial charge in [0.05, 0.1) is 19.2 Å². The number of rotatable bonds is 5. The molecule has 0 radical (unpaired) electrons. The highest BCUT2D eigenvalue weighted by atomic mass is 16.5. The van der Waals surface area contributed by atoms with E-state index < -0.39 is 0 Å². The lowest BCUT2D eigenvalue weighted by Gasteiger charge is -2.09. The minimum Gasteiger partial charge on any atom is -0.496 e. The summed E-state index contributed by atoms with van der Waals surface area (Å²) in [6, 6.07) is 15.8. The number of hydrogen-bond donors (Lipinski definition) is 1. The lowest BCUT2D eigenvalue weighted by atomic mass is 10.1. The summed E-state index contributed by atoms with van der Waals surface area (Å²) in [6.07, 6.45) is 0. The molecule has 0 aliphatic rings. The maximum Gasteiger partial charge on any atom is 0.186 e. The van der Waals surface area contributed by atoms with E-state index in [9.17, 15) is 0 Å². The number of aromatic nitrogens is 4. The van der Waals surface area contributed by atoms with Crippen molar-refractivity contribution in [1.82, 2.24) is 20.2 Å². The van der Waals surface area contributed by atoms with Gasteiger partial charge >= 0.3 is 0 Å². The summed E-state index contributed by atoms with van der Waals surface area (Å²) in [5.74, 6) is 1.43. The second-order valence-corrected chi connectivity index (χ2v) is 4.88. The quantitative estimate of drug-likeness (QED) is 0.777. The van der Waals surface area contributed by atoms with E-state index >= 15 is 0 Å². The number of methoxy groups -OCH3 is 1. The molecule has 1 aromatic heterocycles. The van der Waals surface area contributed by atoms with Gasteiger partial charge in [-0.1, -0.05) is 36.4 Å². The van der Waals surface area contributed by atoms with Gasteiger partial charge in [-0.05, 0) is 33.7 Å². The van der Waals surface area contributed by atoms with Crippen LogP contribution < -0.4 is 10.5 Å². The highest BCUT2D eigenvalue weighted by Crippen LogP contribution is 2.27. The number of para-hydroxylation sites is 1. The Morgan fingerprint density at radius 2 is 1.77 bits per heavy atom. The molecular formula is C16H17N5O. The first kappa shape index (κ1) is 14.2. The maximum absolute atomic E-state index is 5.62. The second-order valence-electron chi connectivity index (χ2n) is 4.88. The third kappa shape index (κ3) is 2.82. The van der Waals surface area contributed by atoms with Crippen LogP contribution in [0.15, 0.2) is 48.5 Å². The van der Waals surface area contributed by atoms with Crippen LogP contribution in [0.2, 0.25) is 0 Å². The molecule has 2 N–H and O–H groups in total. The average Bonchev–Trinajstić information content (AvgIpc) is 3.03. The molecule has 0 unspecified atom stereocenters. The Morgan fingerprint density at radius 1 is 1.05 bits per heavy atom. The molecule has 0 aliphatic heterocycles. The van der Waals surface area contributed by atoms with Crippen molar-refractivity contribution in [3.05, 3.63) is 59.7 Å². The van der Waals surface area contributed by atoms with Crippen LogP contribution in [0.4, 0.5) is 0 Å². The zero-order valence-electron chi connectivity index (χ0n) is 12.3. The third-order valence-corrected chi connectivity index (χ3v) is 3.47. The summed E-state index contributed by atoms with van der Waals surface area (Å²) < 4.78 is 7.14. The highest BCUT2D eigenvalue weighted by molar-refractivity contribution is 5.63. The van der Waals surface area contributed by atoms with Crippen molar-refractivity contribution in [2.45, 2.75) is 13.1 Å². The zero-order chi connectivity index (χ0) is 15.4. The molecule has 1 heterocycles.